The largest absolute Gasteiger partial charge is 0.480 e. The van der Waals surface area contributed by atoms with Crippen LogP contribution in [0.2, 0.25) is 0 Å². The lowest BCUT2D eigenvalue weighted by Crippen LogP contribution is -2.52. The number of rotatable bonds is 8. The number of aryl methyl sites for hydroxylation is 1. The Labute approximate surface area is 228 Å². The molecule has 0 bridgehead atoms. The Kier molecular flexibility index (Phi) is 7.32. The van der Waals surface area contributed by atoms with Gasteiger partial charge in [0.15, 0.2) is 0 Å². The zero-order valence-electron chi connectivity index (χ0n) is 22.0. The van der Waals surface area contributed by atoms with Crippen molar-refractivity contribution in [1.29, 1.82) is 0 Å². The van der Waals surface area contributed by atoms with Crippen LogP contribution in [0.15, 0.2) is 56.8 Å². The van der Waals surface area contributed by atoms with E-state index in [0.717, 1.165) is 10.1 Å². The van der Waals surface area contributed by atoms with Gasteiger partial charge in [0.1, 0.15) is 22.7 Å². The van der Waals surface area contributed by atoms with Crippen LogP contribution in [-0.4, -0.2) is 42.5 Å². The summed E-state index contributed by atoms with van der Waals surface area (Å²) < 4.78 is 14.3. The predicted molar refractivity (Wildman–Crippen MR) is 146 cm³/mol. The summed E-state index contributed by atoms with van der Waals surface area (Å²) in [7, 11) is 0. The maximum atomic E-state index is 14.0. The second-order valence-corrected chi connectivity index (χ2v) is 11.4. The van der Waals surface area contributed by atoms with Crippen molar-refractivity contribution in [3.8, 4) is 10.8 Å². The van der Waals surface area contributed by atoms with Gasteiger partial charge in [-0.25, -0.2) is 19.1 Å². The number of thiophene rings is 1. The van der Waals surface area contributed by atoms with Gasteiger partial charge in [0.05, 0.1) is 35.2 Å². The molecule has 1 aliphatic carbocycles. The maximum absolute atomic E-state index is 14.0. The van der Waals surface area contributed by atoms with E-state index in [2.05, 4.69) is 4.98 Å². The molecule has 1 aliphatic rings. The molecule has 0 saturated heterocycles. The van der Waals surface area contributed by atoms with E-state index in [-0.39, 0.29) is 24.1 Å². The zero-order chi connectivity index (χ0) is 27.9. The number of nitrogens with zero attached hydrogens (tertiary/aromatic N) is 3. The molecule has 0 spiro atoms. The Balaban J connectivity index is 1.71. The highest BCUT2D eigenvalue weighted by atomic mass is 32.1. The van der Waals surface area contributed by atoms with Crippen LogP contribution in [0.25, 0.3) is 21.0 Å². The summed E-state index contributed by atoms with van der Waals surface area (Å²) in [4.78, 5) is 45.2. The number of aliphatic carboxylic acids is 1. The molecular weight excluding hydrogens is 522 g/mol. The predicted octanol–water partition coefficient (Wildman–Crippen LogP) is 4.07. The normalized spacial score (nSPS) is 18.9. The Morgan fingerprint density at radius 1 is 1.21 bits per heavy atom. The molecular formula is C28H31N3O7S. The van der Waals surface area contributed by atoms with Gasteiger partial charge in [-0.3, -0.25) is 9.36 Å². The molecule has 1 saturated carbocycles. The molecule has 3 aromatic heterocycles. The number of hydrogen-bond donors (Lipinski definition) is 2. The molecule has 1 atom stereocenters. The van der Waals surface area contributed by atoms with Gasteiger partial charge in [-0.05, 0) is 57.6 Å². The molecule has 0 amide bonds. The molecule has 1 aromatic carbocycles. The van der Waals surface area contributed by atoms with Gasteiger partial charge < -0.3 is 19.4 Å². The van der Waals surface area contributed by atoms with Crippen molar-refractivity contribution >= 4 is 27.5 Å². The molecule has 0 aliphatic heterocycles. The number of benzene rings is 1. The lowest BCUT2D eigenvalue weighted by atomic mass is 9.95. The molecule has 4 aromatic rings. The van der Waals surface area contributed by atoms with E-state index in [9.17, 15) is 24.6 Å². The molecule has 5 rings (SSSR count). The molecule has 0 unspecified atom stereocenters. The van der Waals surface area contributed by atoms with Crippen LogP contribution in [0.4, 0.5) is 0 Å². The van der Waals surface area contributed by atoms with E-state index < -0.39 is 28.9 Å². The lowest BCUT2D eigenvalue weighted by Gasteiger charge is -2.31. The van der Waals surface area contributed by atoms with Crippen LogP contribution >= 0.6 is 11.3 Å². The Bertz CT molecular complexity index is 1590. The van der Waals surface area contributed by atoms with Crippen molar-refractivity contribution in [3.05, 3.63) is 74.8 Å². The number of carbonyl (C=O) groups is 1. The van der Waals surface area contributed by atoms with Gasteiger partial charge >= 0.3 is 11.7 Å². The van der Waals surface area contributed by atoms with Crippen molar-refractivity contribution in [2.45, 2.75) is 76.9 Å². The number of carboxylic acid groups (broad SMARTS) is 1. The van der Waals surface area contributed by atoms with Crippen molar-refractivity contribution in [2.24, 2.45) is 0 Å². The van der Waals surface area contributed by atoms with Crippen LogP contribution in [0, 0.1) is 6.92 Å². The lowest BCUT2D eigenvalue weighted by molar-refractivity contribution is -0.146. The second kappa shape index (κ2) is 10.6. The van der Waals surface area contributed by atoms with E-state index in [1.165, 1.54) is 42.2 Å². The number of ether oxygens (including phenoxy) is 1. The van der Waals surface area contributed by atoms with E-state index >= 15 is 0 Å². The van der Waals surface area contributed by atoms with Crippen LogP contribution in [-0.2, 0) is 21.6 Å². The first kappa shape index (κ1) is 27.0. The van der Waals surface area contributed by atoms with Crippen LogP contribution < -0.4 is 11.2 Å². The highest BCUT2D eigenvalue weighted by molar-refractivity contribution is 7.22. The Hall–Kier alpha value is -3.54. The average Bonchev–Trinajstić information content (AvgIpc) is 3.55. The van der Waals surface area contributed by atoms with Gasteiger partial charge in [0.2, 0.25) is 5.89 Å². The van der Waals surface area contributed by atoms with Crippen molar-refractivity contribution in [1.82, 2.24) is 14.1 Å². The highest BCUT2D eigenvalue weighted by Gasteiger charge is 2.36. The van der Waals surface area contributed by atoms with Crippen molar-refractivity contribution in [2.75, 3.05) is 0 Å². The van der Waals surface area contributed by atoms with Crippen LogP contribution in [0.5, 0.6) is 0 Å². The van der Waals surface area contributed by atoms with Gasteiger partial charge in [-0.2, -0.15) is 0 Å². The molecule has 11 heteroatoms. The van der Waals surface area contributed by atoms with Gasteiger partial charge in [0.25, 0.3) is 5.56 Å². The molecule has 206 valence electrons. The minimum absolute atomic E-state index is 0.0549. The molecule has 0 radical (unpaired) electrons. The Morgan fingerprint density at radius 3 is 2.51 bits per heavy atom. The topological polar surface area (TPSA) is 137 Å². The third-order valence-corrected chi connectivity index (χ3v) is 8.74. The van der Waals surface area contributed by atoms with Crippen LogP contribution in [0.3, 0.4) is 0 Å². The quantitative estimate of drug-likeness (QED) is 0.333. The summed E-state index contributed by atoms with van der Waals surface area (Å²) in [6.45, 7) is 4.47. The standard InChI is InChI=1S/C28H31N3O7S/c1-16-21-24(33)31(28(2,3)26(34)35)27(36)30(25(21)39-22(16)23-29-13-14-37-23)15-20(17-7-5-4-6-8-17)38-19-11-9-18(32)10-12-19/h4-8,13-14,18-20,32H,9-12,15H2,1-3H3,(H,34,35)/t18-,19+,20-/m0/s1. The molecule has 39 heavy (non-hydrogen) atoms. The first-order valence-electron chi connectivity index (χ1n) is 12.9. The third-order valence-electron chi connectivity index (χ3n) is 7.44. The second-order valence-electron chi connectivity index (χ2n) is 10.4. The zero-order valence-corrected chi connectivity index (χ0v) is 22.8. The molecule has 1 fully saturated rings. The van der Waals surface area contributed by atoms with E-state index in [1.807, 2.05) is 30.3 Å². The summed E-state index contributed by atoms with van der Waals surface area (Å²) in [6, 6.07) is 9.50. The number of hydrogen-bond acceptors (Lipinski definition) is 8. The van der Waals surface area contributed by atoms with Crippen LogP contribution in [0.1, 0.15) is 56.8 Å². The van der Waals surface area contributed by atoms with Crippen molar-refractivity contribution < 1.29 is 24.2 Å². The summed E-state index contributed by atoms with van der Waals surface area (Å²) in [6.07, 6.45) is 4.57. The average molecular weight is 554 g/mol. The number of aliphatic hydroxyl groups excluding tert-OH is 1. The minimum atomic E-state index is -1.80. The number of oxazole rings is 1. The van der Waals surface area contributed by atoms with Gasteiger partial charge in [-0.1, -0.05) is 30.3 Å². The Morgan fingerprint density at radius 2 is 1.90 bits per heavy atom. The fourth-order valence-corrected chi connectivity index (χ4v) is 6.35. The smallest absolute Gasteiger partial charge is 0.333 e. The molecule has 3 heterocycles. The van der Waals surface area contributed by atoms with Gasteiger partial charge in [0, 0.05) is 0 Å². The maximum Gasteiger partial charge on any atom is 0.333 e. The number of aliphatic hydroxyl groups is 1. The first-order valence-corrected chi connectivity index (χ1v) is 13.7. The van der Waals surface area contributed by atoms with Crippen molar-refractivity contribution in [3.63, 3.8) is 0 Å². The summed E-state index contributed by atoms with van der Waals surface area (Å²) in [5, 5.41) is 20.2. The summed E-state index contributed by atoms with van der Waals surface area (Å²) in [5.41, 5.74) is -1.80. The number of aromatic nitrogens is 3. The fraction of sp³-hybridized carbons (Fsp3) is 0.429. The SMILES string of the molecule is Cc1c(-c2ncco2)sc2c1c(=O)n(C(C)(C)C(=O)O)c(=O)n2C[C@H](O[C@H]1CC[C@@H](O)CC1)c1ccccc1. The fourth-order valence-electron chi connectivity index (χ4n) is 5.11. The number of fused-ring (bicyclic) bond motifs is 1. The minimum Gasteiger partial charge on any atom is -0.480 e. The first-order chi connectivity index (χ1) is 18.6. The van der Waals surface area contributed by atoms with E-state index in [0.29, 0.717) is 46.8 Å². The number of carboxylic acids is 1. The van der Waals surface area contributed by atoms with E-state index in [4.69, 9.17) is 9.15 Å². The monoisotopic (exact) mass is 553 g/mol. The molecule has 2 N–H and O–H groups in total. The summed E-state index contributed by atoms with van der Waals surface area (Å²) >= 11 is 1.21. The molecule has 10 nitrogen and oxygen atoms in total. The highest BCUT2D eigenvalue weighted by Crippen LogP contribution is 2.37. The summed E-state index contributed by atoms with van der Waals surface area (Å²) in [5.74, 6) is -0.988. The third kappa shape index (κ3) is 4.97. The van der Waals surface area contributed by atoms with Gasteiger partial charge in [-0.15, -0.1) is 11.3 Å². The van der Waals surface area contributed by atoms with E-state index in [1.54, 1.807) is 6.92 Å².